The maximum Gasteiger partial charge on any atom is 0.254 e. The van der Waals surface area contributed by atoms with Crippen LogP contribution in [0.3, 0.4) is 0 Å². The smallest absolute Gasteiger partial charge is 0.254 e. The van der Waals surface area contributed by atoms with E-state index in [1.54, 1.807) is 48.5 Å². The molecule has 2 aromatic carbocycles. The first-order valence-corrected chi connectivity index (χ1v) is 10.7. The Hall–Kier alpha value is -2.14. The van der Waals surface area contributed by atoms with Crippen LogP contribution in [0.25, 0.3) is 0 Å². The molecular formula is C21H25NO3S. The third kappa shape index (κ3) is 4.15. The predicted molar refractivity (Wildman–Crippen MR) is 103 cm³/mol. The number of piperidine rings is 1. The van der Waals surface area contributed by atoms with Gasteiger partial charge in [0.05, 0.1) is 10.6 Å². The largest absolute Gasteiger partial charge is 0.336 e. The number of likely N-dealkylation sites (tertiary alicyclic amines) is 1. The van der Waals surface area contributed by atoms with E-state index >= 15 is 0 Å². The molecule has 5 heteroatoms. The molecular weight excluding hydrogens is 346 g/mol. The van der Waals surface area contributed by atoms with Crippen molar-refractivity contribution < 1.29 is 13.2 Å². The van der Waals surface area contributed by atoms with Crippen LogP contribution in [0.5, 0.6) is 0 Å². The van der Waals surface area contributed by atoms with Gasteiger partial charge in [-0.2, -0.15) is 0 Å². The predicted octanol–water partition coefficient (Wildman–Crippen LogP) is 3.98. The van der Waals surface area contributed by atoms with E-state index in [9.17, 15) is 13.2 Å². The van der Waals surface area contributed by atoms with Crippen molar-refractivity contribution in [2.45, 2.75) is 49.8 Å². The van der Waals surface area contributed by atoms with Crippen LogP contribution in [0.1, 0.15) is 47.7 Å². The van der Waals surface area contributed by atoms with Gasteiger partial charge in [-0.05, 0) is 62.9 Å². The van der Waals surface area contributed by atoms with Gasteiger partial charge in [0.15, 0.2) is 9.84 Å². The summed E-state index contributed by atoms with van der Waals surface area (Å²) in [4.78, 5) is 14.9. The number of amides is 1. The summed E-state index contributed by atoms with van der Waals surface area (Å²) in [6.45, 7) is 4.80. The highest BCUT2D eigenvalue weighted by Gasteiger charge is 2.24. The van der Waals surface area contributed by atoms with Crippen molar-refractivity contribution >= 4 is 15.7 Å². The van der Waals surface area contributed by atoms with Crippen molar-refractivity contribution in [1.29, 1.82) is 0 Å². The highest BCUT2D eigenvalue weighted by molar-refractivity contribution is 7.90. The number of carbonyl (C=O) groups excluding carboxylic acids is 1. The van der Waals surface area contributed by atoms with Gasteiger partial charge < -0.3 is 4.90 Å². The van der Waals surface area contributed by atoms with E-state index in [0.717, 1.165) is 24.9 Å². The number of hydrogen-bond donors (Lipinski definition) is 0. The lowest BCUT2D eigenvalue weighted by Crippen LogP contribution is -2.42. The maximum atomic E-state index is 12.7. The Morgan fingerprint density at radius 1 is 1.04 bits per heavy atom. The quantitative estimate of drug-likeness (QED) is 0.817. The Bertz CT molecular complexity index is 870. The highest BCUT2D eigenvalue weighted by atomic mass is 32.2. The minimum absolute atomic E-state index is 0.0325. The van der Waals surface area contributed by atoms with Gasteiger partial charge in [0, 0.05) is 18.2 Å². The van der Waals surface area contributed by atoms with Crippen molar-refractivity contribution in [3.63, 3.8) is 0 Å². The van der Waals surface area contributed by atoms with E-state index in [1.165, 1.54) is 6.42 Å². The third-order valence-electron chi connectivity index (χ3n) is 5.00. The zero-order chi connectivity index (χ0) is 18.7. The number of benzene rings is 2. The van der Waals surface area contributed by atoms with Crippen LogP contribution in [-0.4, -0.2) is 31.8 Å². The number of nitrogens with zero attached hydrogens (tertiary/aromatic N) is 1. The van der Waals surface area contributed by atoms with Crippen molar-refractivity contribution in [3.05, 3.63) is 65.2 Å². The van der Waals surface area contributed by atoms with Crippen LogP contribution in [-0.2, 0) is 15.6 Å². The molecule has 0 unspecified atom stereocenters. The lowest BCUT2D eigenvalue weighted by molar-refractivity contribution is 0.0635. The molecule has 0 aliphatic carbocycles. The Morgan fingerprint density at radius 2 is 1.69 bits per heavy atom. The maximum absolute atomic E-state index is 12.7. The summed E-state index contributed by atoms with van der Waals surface area (Å²) in [7, 11) is -3.39. The zero-order valence-electron chi connectivity index (χ0n) is 15.3. The Morgan fingerprint density at radius 3 is 2.31 bits per heavy atom. The van der Waals surface area contributed by atoms with E-state index in [2.05, 4.69) is 6.92 Å². The monoisotopic (exact) mass is 371 g/mol. The minimum Gasteiger partial charge on any atom is -0.336 e. The summed E-state index contributed by atoms with van der Waals surface area (Å²) in [6.07, 6.45) is 3.25. The molecule has 1 saturated heterocycles. The van der Waals surface area contributed by atoms with Gasteiger partial charge in [-0.15, -0.1) is 0 Å². The van der Waals surface area contributed by atoms with Gasteiger partial charge in [0.25, 0.3) is 5.91 Å². The topological polar surface area (TPSA) is 54.5 Å². The Kier molecular flexibility index (Phi) is 5.47. The number of aryl methyl sites for hydroxylation is 1. The molecule has 1 aliphatic heterocycles. The average Bonchev–Trinajstić information content (AvgIpc) is 2.62. The SMILES string of the molecule is Cc1ccc(S(=O)(=O)Cc2ccc(C(=O)N3CCCC[C@H]3C)cc2)cc1. The van der Waals surface area contributed by atoms with E-state index < -0.39 is 9.84 Å². The van der Waals surface area contributed by atoms with Crippen LogP contribution in [0, 0.1) is 6.92 Å². The van der Waals surface area contributed by atoms with Crippen LogP contribution < -0.4 is 0 Å². The van der Waals surface area contributed by atoms with Crippen LogP contribution in [0.2, 0.25) is 0 Å². The van der Waals surface area contributed by atoms with E-state index in [4.69, 9.17) is 0 Å². The second-order valence-electron chi connectivity index (χ2n) is 7.11. The molecule has 1 atom stereocenters. The molecule has 0 spiro atoms. The fourth-order valence-corrected chi connectivity index (χ4v) is 4.71. The first-order chi connectivity index (χ1) is 12.4. The molecule has 0 bridgehead atoms. The summed E-state index contributed by atoms with van der Waals surface area (Å²) in [5, 5.41) is 0. The van der Waals surface area contributed by atoms with Gasteiger partial charge in [-0.3, -0.25) is 4.79 Å². The third-order valence-corrected chi connectivity index (χ3v) is 6.71. The van der Waals surface area contributed by atoms with Gasteiger partial charge in [-0.25, -0.2) is 8.42 Å². The second-order valence-corrected chi connectivity index (χ2v) is 9.10. The molecule has 0 saturated carbocycles. The molecule has 0 radical (unpaired) electrons. The fraction of sp³-hybridized carbons (Fsp3) is 0.381. The van der Waals surface area contributed by atoms with Crippen molar-refractivity contribution in [2.75, 3.05) is 6.54 Å². The molecule has 4 nitrogen and oxygen atoms in total. The summed E-state index contributed by atoms with van der Waals surface area (Å²) in [6, 6.07) is 14.1. The number of carbonyl (C=O) groups is 1. The fourth-order valence-electron chi connectivity index (χ4n) is 3.36. The van der Waals surface area contributed by atoms with Gasteiger partial charge in [-0.1, -0.05) is 29.8 Å². The van der Waals surface area contributed by atoms with E-state index in [-0.39, 0.29) is 17.7 Å². The molecule has 26 heavy (non-hydrogen) atoms. The molecule has 3 rings (SSSR count). The summed E-state index contributed by atoms with van der Waals surface area (Å²) >= 11 is 0. The molecule has 1 heterocycles. The first-order valence-electron chi connectivity index (χ1n) is 9.06. The molecule has 0 aromatic heterocycles. The van der Waals surface area contributed by atoms with Crippen molar-refractivity contribution in [1.82, 2.24) is 4.90 Å². The Labute approximate surface area is 155 Å². The van der Waals surface area contributed by atoms with Gasteiger partial charge in [0.2, 0.25) is 0 Å². The number of sulfone groups is 1. The molecule has 1 amide bonds. The van der Waals surface area contributed by atoms with E-state index in [1.807, 2.05) is 11.8 Å². The van der Waals surface area contributed by atoms with Crippen LogP contribution in [0.15, 0.2) is 53.4 Å². The van der Waals surface area contributed by atoms with E-state index in [0.29, 0.717) is 16.0 Å². The molecule has 0 N–H and O–H groups in total. The average molecular weight is 372 g/mol. The number of hydrogen-bond acceptors (Lipinski definition) is 3. The molecule has 1 aliphatic rings. The van der Waals surface area contributed by atoms with Crippen molar-refractivity contribution in [2.24, 2.45) is 0 Å². The molecule has 2 aromatic rings. The molecule has 138 valence electrons. The van der Waals surface area contributed by atoms with Crippen LogP contribution >= 0.6 is 0 Å². The Balaban J connectivity index is 1.73. The standard InChI is InChI=1S/C21H25NO3S/c1-16-6-12-20(13-7-16)26(24,25)15-18-8-10-19(11-9-18)21(23)22-14-4-3-5-17(22)2/h6-13,17H,3-5,14-15H2,1-2H3/t17-/m1/s1. The first kappa shape index (κ1) is 18.6. The normalized spacial score (nSPS) is 17.9. The molecule has 1 fully saturated rings. The summed E-state index contributed by atoms with van der Waals surface area (Å²) in [5.41, 5.74) is 2.34. The van der Waals surface area contributed by atoms with Gasteiger partial charge >= 0.3 is 0 Å². The lowest BCUT2D eigenvalue weighted by Gasteiger charge is -2.33. The van der Waals surface area contributed by atoms with Gasteiger partial charge in [0.1, 0.15) is 0 Å². The van der Waals surface area contributed by atoms with Crippen molar-refractivity contribution in [3.8, 4) is 0 Å². The van der Waals surface area contributed by atoms with Crippen LogP contribution in [0.4, 0.5) is 0 Å². The highest BCUT2D eigenvalue weighted by Crippen LogP contribution is 2.21. The summed E-state index contributed by atoms with van der Waals surface area (Å²) < 4.78 is 25.1. The minimum atomic E-state index is -3.39. The summed E-state index contributed by atoms with van der Waals surface area (Å²) in [5.74, 6) is -0.0323. The lowest BCUT2D eigenvalue weighted by atomic mass is 10.0. The zero-order valence-corrected chi connectivity index (χ0v) is 16.1. The number of rotatable bonds is 4. The second kappa shape index (κ2) is 7.62.